The van der Waals surface area contributed by atoms with Crippen LogP contribution in [0.2, 0.25) is 0 Å². The highest BCUT2D eigenvalue weighted by Crippen LogP contribution is 2.17. The topological polar surface area (TPSA) is 0 Å². The van der Waals surface area contributed by atoms with Crippen LogP contribution < -0.4 is 0 Å². The summed E-state index contributed by atoms with van der Waals surface area (Å²) in [5, 5.41) is 0. The molecule has 0 N–H and O–H groups in total. The molecule has 0 amide bonds. The van der Waals surface area contributed by atoms with Crippen molar-refractivity contribution >= 4 is 11.8 Å². The van der Waals surface area contributed by atoms with E-state index in [9.17, 15) is 0 Å². The van der Waals surface area contributed by atoms with Crippen LogP contribution in [0, 0.1) is 5.92 Å². The number of thioether (sulfide) groups is 1. The Morgan fingerprint density at radius 1 is 1.23 bits per heavy atom. The Bertz CT molecular complexity index is 238. The van der Waals surface area contributed by atoms with Gasteiger partial charge in [-0.3, -0.25) is 0 Å². The van der Waals surface area contributed by atoms with Crippen LogP contribution in [-0.4, -0.2) is 6.26 Å². The Hall–Kier alpha value is -0.430. The molecule has 0 heterocycles. The Morgan fingerprint density at radius 2 is 1.85 bits per heavy atom. The molecule has 0 saturated carbocycles. The monoisotopic (exact) mass is 194 g/mol. The molecule has 0 nitrogen and oxygen atoms in total. The van der Waals surface area contributed by atoms with Gasteiger partial charge in [0.25, 0.3) is 0 Å². The molecule has 0 aliphatic heterocycles. The summed E-state index contributed by atoms with van der Waals surface area (Å²) in [7, 11) is 0. The zero-order valence-corrected chi connectivity index (χ0v) is 9.53. The van der Waals surface area contributed by atoms with Gasteiger partial charge >= 0.3 is 0 Å². The molecule has 0 fully saturated rings. The molecule has 1 atom stereocenters. The molecule has 1 aromatic rings. The zero-order valence-electron chi connectivity index (χ0n) is 8.71. The summed E-state index contributed by atoms with van der Waals surface area (Å²) in [6.07, 6.45) is 4.60. The van der Waals surface area contributed by atoms with Crippen molar-refractivity contribution in [1.29, 1.82) is 0 Å². The summed E-state index contributed by atoms with van der Waals surface area (Å²) in [6.45, 7) is 4.56. The van der Waals surface area contributed by atoms with E-state index >= 15 is 0 Å². The third-order valence-corrected chi connectivity index (χ3v) is 3.18. The first-order valence-electron chi connectivity index (χ1n) is 4.89. The van der Waals surface area contributed by atoms with Gasteiger partial charge < -0.3 is 0 Å². The molecular formula is C12H18S. The maximum Gasteiger partial charge on any atom is 0.00693 e. The molecule has 1 rings (SSSR count). The zero-order chi connectivity index (χ0) is 9.68. The quantitative estimate of drug-likeness (QED) is 0.653. The van der Waals surface area contributed by atoms with Gasteiger partial charge in [-0.05, 0) is 36.3 Å². The molecular weight excluding hydrogens is 176 g/mol. The summed E-state index contributed by atoms with van der Waals surface area (Å²) in [5.74, 6) is 0.806. The lowest BCUT2D eigenvalue weighted by atomic mass is 9.99. The SMILES string of the molecule is CCC(C)Cc1ccc(SC)cc1. The van der Waals surface area contributed by atoms with Crippen molar-refractivity contribution in [1.82, 2.24) is 0 Å². The van der Waals surface area contributed by atoms with Gasteiger partial charge in [0.2, 0.25) is 0 Å². The van der Waals surface area contributed by atoms with Crippen molar-refractivity contribution < 1.29 is 0 Å². The van der Waals surface area contributed by atoms with E-state index in [1.165, 1.54) is 23.3 Å². The molecule has 0 bridgehead atoms. The van der Waals surface area contributed by atoms with Gasteiger partial charge in [-0.15, -0.1) is 11.8 Å². The van der Waals surface area contributed by atoms with E-state index in [4.69, 9.17) is 0 Å². The third kappa shape index (κ3) is 3.43. The predicted octanol–water partition coefficient (Wildman–Crippen LogP) is 4.00. The number of benzene rings is 1. The minimum atomic E-state index is 0.806. The van der Waals surface area contributed by atoms with Crippen LogP contribution >= 0.6 is 11.8 Å². The minimum Gasteiger partial charge on any atom is -0.130 e. The van der Waals surface area contributed by atoms with Gasteiger partial charge in [0.05, 0.1) is 0 Å². The molecule has 1 unspecified atom stereocenters. The van der Waals surface area contributed by atoms with E-state index < -0.39 is 0 Å². The molecule has 0 aromatic heterocycles. The van der Waals surface area contributed by atoms with Gasteiger partial charge in [0.15, 0.2) is 0 Å². The van der Waals surface area contributed by atoms with Gasteiger partial charge in [0.1, 0.15) is 0 Å². The lowest BCUT2D eigenvalue weighted by Gasteiger charge is -2.08. The number of rotatable bonds is 4. The second kappa shape index (κ2) is 5.33. The highest BCUT2D eigenvalue weighted by Gasteiger charge is 2.00. The van der Waals surface area contributed by atoms with Crippen molar-refractivity contribution in [3.63, 3.8) is 0 Å². The average Bonchev–Trinajstić information content (AvgIpc) is 2.19. The van der Waals surface area contributed by atoms with Crippen LogP contribution in [0.4, 0.5) is 0 Å². The third-order valence-electron chi connectivity index (χ3n) is 2.44. The lowest BCUT2D eigenvalue weighted by molar-refractivity contribution is 0.560. The fourth-order valence-corrected chi connectivity index (χ4v) is 1.72. The maximum absolute atomic E-state index is 2.31. The summed E-state index contributed by atoms with van der Waals surface area (Å²) in [6, 6.07) is 8.92. The Balaban J connectivity index is 2.58. The molecule has 13 heavy (non-hydrogen) atoms. The molecule has 0 saturated heterocycles. The molecule has 1 heteroatoms. The highest BCUT2D eigenvalue weighted by atomic mass is 32.2. The van der Waals surface area contributed by atoms with Gasteiger partial charge in [0, 0.05) is 4.90 Å². The minimum absolute atomic E-state index is 0.806. The van der Waals surface area contributed by atoms with E-state index in [2.05, 4.69) is 44.4 Å². The molecule has 1 aromatic carbocycles. The molecule has 0 aliphatic carbocycles. The first-order valence-corrected chi connectivity index (χ1v) is 6.11. The van der Waals surface area contributed by atoms with Crippen molar-refractivity contribution in [2.24, 2.45) is 5.92 Å². The number of hydrogen-bond acceptors (Lipinski definition) is 1. The van der Waals surface area contributed by atoms with Crippen molar-refractivity contribution in [2.75, 3.05) is 6.26 Å². The van der Waals surface area contributed by atoms with Crippen LogP contribution in [-0.2, 0) is 6.42 Å². The fraction of sp³-hybridized carbons (Fsp3) is 0.500. The van der Waals surface area contributed by atoms with Crippen molar-refractivity contribution in [2.45, 2.75) is 31.6 Å². The summed E-state index contributed by atoms with van der Waals surface area (Å²) >= 11 is 1.80. The molecule has 0 spiro atoms. The molecule has 72 valence electrons. The normalized spacial score (nSPS) is 12.8. The van der Waals surface area contributed by atoms with E-state index in [1.54, 1.807) is 11.8 Å². The van der Waals surface area contributed by atoms with E-state index in [-0.39, 0.29) is 0 Å². The lowest BCUT2D eigenvalue weighted by Crippen LogP contribution is -1.97. The van der Waals surface area contributed by atoms with Crippen LogP contribution in [0.15, 0.2) is 29.2 Å². The van der Waals surface area contributed by atoms with Crippen LogP contribution in [0.5, 0.6) is 0 Å². The Morgan fingerprint density at radius 3 is 2.31 bits per heavy atom. The van der Waals surface area contributed by atoms with E-state index in [0.717, 1.165) is 5.92 Å². The molecule has 0 radical (unpaired) electrons. The van der Waals surface area contributed by atoms with Gasteiger partial charge in [-0.2, -0.15) is 0 Å². The van der Waals surface area contributed by atoms with Crippen LogP contribution in [0.25, 0.3) is 0 Å². The first kappa shape index (κ1) is 10.6. The van der Waals surface area contributed by atoms with E-state index in [0.29, 0.717) is 0 Å². The second-order valence-electron chi connectivity index (χ2n) is 3.57. The fourth-order valence-electron chi connectivity index (χ4n) is 1.31. The average molecular weight is 194 g/mol. The second-order valence-corrected chi connectivity index (χ2v) is 4.45. The van der Waals surface area contributed by atoms with Crippen molar-refractivity contribution in [3.8, 4) is 0 Å². The molecule has 0 aliphatic rings. The summed E-state index contributed by atoms with van der Waals surface area (Å²) in [4.78, 5) is 1.35. The first-order chi connectivity index (χ1) is 6.26. The highest BCUT2D eigenvalue weighted by molar-refractivity contribution is 7.98. The maximum atomic E-state index is 2.31. The van der Waals surface area contributed by atoms with Crippen molar-refractivity contribution in [3.05, 3.63) is 29.8 Å². The summed E-state index contributed by atoms with van der Waals surface area (Å²) in [5.41, 5.74) is 1.46. The largest absolute Gasteiger partial charge is 0.130 e. The standard InChI is InChI=1S/C12H18S/c1-4-10(2)9-11-5-7-12(13-3)8-6-11/h5-8,10H,4,9H2,1-3H3. The van der Waals surface area contributed by atoms with Gasteiger partial charge in [-0.25, -0.2) is 0 Å². The van der Waals surface area contributed by atoms with Gasteiger partial charge in [-0.1, -0.05) is 32.4 Å². The predicted molar refractivity (Wildman–Crippen MR) is 61.4 cm³/mol. The van der Waals surface area contributed by atoms with E-state index in [1.807, 2.05) is 0 Å². The van der Waals surface area contributed by atoms with Crippen LogP contribution in [0.1, 0.15) is 25.8 Å². The van der Waals surface area contributed by atoms with Crippen LogP contribution in [0.3, 0.4) is 0 Å². The smallest absolute Gasteiger partial charge is 0.00693 e. The Labute approximate surface area is 85.7 Å². The summed E-state index contributed by atoms with van der Waals surface area (Å²) < 4.78 is 0. The Kier molecular flexibility index (Phi) is 4.37. The number of hydrogen-bond donors (Lipinski definition) is 0.